The maximum atomic E-state index is 10.5. The molecule has 1 rings (SSSR count). The second-order valence-electron chi connectivity index (χ2n) is 3.05. The summed E-state index contributed by atoms with van der Waals surface area (Å²) < 4.78 is 0. The first-order chi connectivity index (χ1) is 6.52. The van der Waals surface area contributed by atoms with Gasteiger partial charge in [-0.25, -0.2) is 0 Å². The summed E-state index contributed by atoms with van der Waals surface area (Å²) in [6.07, 6.45) is 0. The van der Waals surface area contributed by atoms with Crippen LogP contribution < -0.4 is 0 Å². The molecule has 0 atom stereocenters. The summed E-state index contributed by atoms with van der Waals surface area (Å²) in [5.41, 5.74) is 0.554. The lowest BCUT2D eigenvalue weighted by molar-refractivity contribution is -0.384. The standard InChI is InChI=1S/C9H11N3O2/c1-11(2)9(10)7-4-3-5-8(6-7)12(13)14/h3-6,10H,1-2H3. The van der Waals surface area contributed by atoms with Gasteiger partial charge in [0.25, 0.3) is 5.69 Å². The van der Waals surface area contributed by atoms with E-state index in [1.807, 2.05) is 0 Å². The highest BCUT2D eigenvalue weighted by Crippen LogP contribution is 2.13. The molecule has 0 saturated heterocycles. The topological polar surface area (TPSA) is 70.2 Å². The van der Waals surface area contributed by atoms with Gasteiger partial charge in [-0.1, -0.05) is 12.1 Å². The summed E-state index contributed by atoms with van der Waals surface area (Å²) in [6.45, 7) is 0. The van der Waals surface area contributed by atoms with Gasteiger partial charge < -0.3 is 4.90 Å². The zero-order chi connectivity index (χ0) is 10.7. The molecule has 5 nitrogen and oxygen atoms in total. The predicted molar refractivity (Wildman–Crippen MR) is 53.6 cm³/mol. The van der Waals surface area contributed by atoms with Gasteiger partial charge in [-0.2, -0.15) is 0 Å². The van der Waals surface area contributed by atoms with Crippen LogP contribution in [-0.2, 0) is 0 Å². The van der Waals surface area contributed by atoms with E-state index in [0.29, 0.717) is 5.56 Å². The number of nitrogens with zero attached hydrogens (tertiary/aromatic N) is 2. The highest BCUT2D eigenvalue weighted by atomic mass is 16.6. The van der Waals surface area contributed by atoms with E-state index in [9.17, 15) is 10.1 Å². The molecule has 0 saturated carbocycles. The molecule has 0 bridgehead atoms. The summed E-state index contributed by atoms with van der Waals surface area (Å²) in [5.74, 6) is 0.258. The molecule has 0 fully saturated rings. The second kappa shape index (κ2) is 3.87. The Bertz CT molecular complexity index is 374. The third-order valence-electron chi connectivity index (χ3n) is 1.78. The number of benzene rings is 1. The fraction of sp³-hybridized carbons (Fsp3) is 0.222. The lowest BCUT2D eigenvalue weighted by atomic mass is 10.2. The molecule has 1 N–H and O–H groups in total. The first-order valence-corrected chi connectivity index (χ1v) is 4.03. The number of nitrogens with one attached hydrogen (secondary N) is 1. The van der Waals surface area contributed by atoms with E-state index in [2.05, 4.69) is 0 Å². The molecular formula is C9H11N3O2. The van der Waals surface area contributed by atoms with Crippen molar-refractivity contribution in [1.82, 2.24) is 4.90 Å². The third kappa shape index (κ3) is 2.07. The van der Waals surface area contributed by atoms with Crippen LogP contribution in [0.3, 0.4) is 0 Å². The predicted octanol–water partition coefficient (Wildman–Crippen LogP) is 1.48. The van der Waals surface area contributed by atoms with Gasteiger partial charge in [0.1, 0.15) is 5.84 Å². The van der Waals surface area contributed by atoms with Crippen molar-refractivity contribution < 1.29 is 4.92 Å². The smallest absolute Gasteiger partial charge is 0.270 e. The van der Waals surface area contributed by atoms with E-state index in [-0.39, 0.29) is 11.5 Å². The van der Waals surface area contributed by atoms with E-state index in [1.165, 1.54) is 12.1 Å². The normalized spacial score (nSPS) is 9.57. The third-order valence-corrected chi connectivity index (χ3v) is 1.78. The van der Waals surface area contributed by atoms with Crippen LogP contribution >= 0.6 is 0 Å². The van der Waals surface area contributed by atoms with Crippen molar-refractivity contribution in [3.8, 4) is 0 Å². The molecular weight excluding hydrogens is 182 g/mol. The number of hydrogen-bond donors (Lipinski definition) is 1. The SMILES string of the molecule is CN(C)C(=N)c1cccc([N+](=O)[O-])c1. The summed E-state index contributed by atoms with van der Waals surface area (Å²) >= 11 is 0. The van der Waals surface area contributed by atoms with Crippen LogP contribution in [0.25, 0.3) is 0 Å². The molecule has 0 aliphatic heterocycles. The minimum Gasteiger partial charge on any atom is -0.363 e. The lowest BCUT2D eigenvalue weighted by Crippen LogP contribution is -2.21. The van der Waals surface area contributed by atoms with Gasteiger partial charge in [-0.05, 0) is 0 Å². The number of hydrogen-bond acceptors (Lipinski definition) is 3. The zero-order valence-corrected chi connectivity index (χ0v) is 8.02. The Labute approximate surface area is 81.6 Å². The minimum absolute atomic E-state index is 0.00843. The fourth-order valence-corrected chi connectivity index (χ4v) is 1.02. The highest BCUT2D eigenvalue weighted by Gasteiger charge is 2.09. The lowest BCUT2D eigenvalue weighted by Gasteiger charge is -2.12. The maximum absolute atomic E-state index is 10.5. The Balaban J connectivity index is 3.06. The van der Waals surface area contributed by atoms with Crippen LogP contribution in [0.5, 0.6) is 0 Å². The average Bonchev–Trinajstić information content (AvgIpc) is 2.16. The van der Waals surface area contributed by atoms with Crippen molar-refractivity contribution in [1.29, 1.82) is 5.41 Å². The largest absolute Gasteiger partial charge is 0.363 e. The molecule has 0 spiro atoms. The summed E-state index contributed by atoms with van der Waals surface area (Å²) in [4.78, 5) is 11.6. The van der Waals surface area contributed by atoms with Crippen molar-refractivity contribution in [2.75, 3.05) is 14.1 Å². The fourth-order valence-electron chi connectivity index (χ4n) is 1.02. The molecule has 1 aromatic rings. The van der Waals surface area contributed by atoms with Gasteiger partial charge in [-0.15, -0.1) is 0 Å². The first-order valence-electron chi connectivity index (χ1n) is 4.03. The molecule has 0 heterocycles. The summed E-state index contributed by atoms with van der Waals surface area (Å²) in [5, 5.41) is 18.1. The van der Waals surface area contributed by atoms with Gasteiger partial charge in [0.15, 0.2) is 0 Å². The quantitative estimate of drug-likeness (QED) is 0.334. The van der Waals surface area contributed by atoms with Crippen molar-refractivity contribution in [3.05, 3.63) is 39.9 Å². The van der Waals surface area contributed by atoms with Gasteiger partial charge in [0.2, 0.25) is 0 Å². The Hall–Kier alpha value is -1.91. The van der Waals surface area contributed by atoms with Crippen LogP contribution in [0, 0.1) is 15.5 Å². The second-order valence-corrected chi connectivity index (χ2v) is 3.05. The van der Waals surface area contributed by atoms with E-state index >= 15 is 0 Å². The molecule has 0 aliphatic carbocycles. The molecule has 0 aliphatic rings. The molecule has 5 heteroatoms. The number of amidine groups is 1. The van der Waals surface area contributed by atoms with E-state index < -0.39 is 4.92 Å². The molecule has 0 aromatic heterocycles. The van der Waals surface area contributed by atoms with Crippen LogP contribution in [0.2, 0.25) is 0 Å². The Morgan fingerprint density at radius 2 is 2.14 bits per heavy atom. The first kappa shape index (κ1) is 10.2. The molecule has 0 radical (unpaired) electrons. The molecule has 0 amide bonds. The van der Waals surface area contributed by atoms with Crippen molar-refractivity contribution in [3.63, 3.8) is 0 Å². The summed E-state index contributed by atoms with van der Waals surface area (Å²) in [6, 6.07) is 6.05. The molecule has 1 aromatic carbocycles. The molecule has 74 valence electrons. The maximum Gasteiger partial charge on any atom is 0.270 e. The van der Waals surface area contributed by atoms with Gasteiger partial charge in [0, 0.05) is 31.8 Å². The van der Waals surface area contributed by atoms with Gasteiger partial charge in [0.05, 0.1) is 4.92 Å². The number of nitro groups is 1. The van der Waals surface area contributed by atoms with Crippen LogP contribution in [0.1, 0.15) is 5.56 Å². The summed E-state index contributed by atoms with van der Waals surface area (Å²) in [7, 11) is 3.45. The minimum atomic E-state index is -0.466. The van der Waals surface area contributed by atoms with Crippen LogP contribution in [0.4, 0.5) is 5.69 Å². The average molecular weight is 193 g/mol. The van der Waals surface area contributed by atoms with E-state index in [1.54, 1.807) is 31.1 Å². The molecule has 14 heavy (non-hydrogen) atoms. The van der Waals surface area contributed by atoms with Gasteiger partial charge >= 0.3 is 0 Å². The highest BCUT2D eigenvalue weighted by molar-refractivity contribution is 5.96. The van der Waals surface area contributed by atoms with Crippen molar-refractivity contribution in [2.24, 2.45) is 0 Å². The van der Waals surface area contributed by atoms with Crippen molar-refractivity contribution in [2.45, 2.75) is 0 Å². The number of rotatable bonds is 2. The van der Waals surface area contributed by atoms with E-state index in [0.717, 1.165) is 0 Å². The zero-order valence-electron chi connectivity index (χ0n) is 8.02. The number of non-ortho nitro benzene ring substituents is 1. The van der Waals surface area contributed by atoms with E-state index in [4.69, 9.17) is 5.41 Å². The van der Waals surface area contributed by atoms with Gasteiger partial charge in [-0.3, -0.25) is 15.5 Å². The Morgan fingerprint density at radius 3 is 2.64 bits per heavy atom. The van der Waals surface area contributed by atoms with Crippen molar-refractivity contribution >= 4 is 11.5 Å². The molecule has 0 unspecified atom stereocenters. The van der Waals surface area contributed by atoms with Crippen LogP contribution in [0.15, 0.2) is 24.3 Å². The van der Waals surface area contributed by atoms with Crippen LogP contribution in [-0.4, -0.2) is 29.8 Å². The number of nitro benzene ring substituents is 1. The Morgan fingerprint density at radius 1 is 1.50 bits per heavy atom. The Kier molecular flexibility index (Phi) is 2.81. The monoisotopic (exact) mass is 193 g/mol.